The van der Waals surface area contributed by atoms with Crippen molar-refractivity contribution in [3.63, 3.8) is 0 Å². The number of rotatable bonds is 7. The number of piperazine rings is 1. The molecule has 11 heteroatoms. The Morgan fingerprint density at radius 2 is 1.72 bits per heavy atom. The summed E-state index contributed by atoms with van der Waals surface area (Å²) in [5, 5.41) is 12.6. The van der Waals surface area contributed by atoms with Gasteiger partial charge in [-0.15, -0.1) is 5.10 Å². The van der Waals surface area contributed by atoms with Gasteiger partial charge in [0.2, 0.25) is 5.95 Å². The summed E-state index contributed by atoms with van der Waals surface area (Å²) < 4.78 is 9.22. The van der Waals surface area contributed by atoms with E-state index in [9.17, 15) is 0 Å². The highest BCUT2D eigenvalue weighted by Gasteiger charge is 2.15. The average Bonchev–Trinajstić information content (AvgIpc) is 3.56. The predicted molar refractivity (Wildman–Crippen MR) is 139 cm³/mol. The van der Waals surface area contributed by atoms with Crippen LogP contribution in [0.25, 0.3) is 16.9 Å². The van der Waals surface area contributed by atoms with E-state index in [-0.39, 0.29) is 0 Å². The first-order valence-corrected chi connectivity index (χ1v) is 12.6. The highest BCUT2D eigenvalue weighted by atomic mass is 16.5. The zero-order chi connectivity index (χ0) is 24.3. The number of anilines is 3. The number of benzene rings is 1. The molecule has 2 saturated heterocycles. The van der Waals surface area contributed by atoms with Gasteiger partial charge in [-0.05, 0) is 31.3 Å². The van der Waals surface area contributed by atoms with Crippen molar-refractivity contribution < 1.29 is 4.74 Å². The number of morpholine rings is 1. The maximum Gasteiger partial charge on any atom is 0.247 e. The van der Waals surface area contributed by atoms with Gasteiger partial charge in [-0.2, -0.15) is 10.1 Å². The third-order valence-electron chi connectivity index (χ3n) is 6.92. The minimum absolute atomic E-state index is 0.538. The lowest BCUT2D eigenvalue weighted by molar-refractivity contribution is 0.0360. The fourth-order valence-electron chi connectivity index (χ4n) is 4.70. The second-order valence-electron chi connectivity index (χ2n) is 9.41. The maximum atomic E-state index is 5.43. The summed E-state index contributed by atoms with van der Waals surface area (Å²) in [5.41, 5.74) is 4.70. The Bertz CT molecular complexity index is 1290. The molecule has 0 spiro atoms. The number of aromatic nitrogens is 6. The van der Waals surface area contributed by atoms with Gasteiger partial charge < -0.3 is 19.9 Å². The van der Waals surface area contributed by atoms with Crippen LogP contribution in [-0.2, 0) is 11.3 Å². The largest absolute Gasteiger partial charge is 0.379 e. The Hall–Kier alpha value is -3.54. The summed E-state index contributed by atoms with van der Waals surface area (Å²) in [5.74, 6) is 0.538. The Labute approximate surface area is 210 Å². The maximum absolute atomic E-state index is 5.43. The Balaban J connectivity index is 1.14. The van der Waals surface area contributed by atoms with Crippen LogP contribution in [0.4, 0.5) is 17.3 Å². The molecule has 0 unspecified atom stereocenters. The smallest absolute Gasteiger partial charge is 0.247 e. The average molecular weight is 489 g/mol. The van der Waals surface area contributed by atoms with Crippen LogP contribution in [0.5, 0.6) is 0 Å². The molecule has 0 saturated carbocycles. The molecular weight excluding hydrogens is 456 g/mol. The molecule has 0 bridgehead atoms. The molecule has 0 atom stereocenters. The summed E-state index contributed by atoms with van der Waals surface area (Å²) in [4.78, 5) is 16.2. The number of nitrogens with one attached hydrogen (secondary N) is 1. The van der Waals surface area contributed by atoms with Crippen molar-refractivity contribution in [2.75, 3.05) is 76.3 Å². The first kappa shape index (κ1) is 22.9. The van der Waals surface area contributed by atoms with Gasteiger partial charge in [-0.25, -0.2) is 4.52 Å². The molecule has 2 aliphatic rings. The lowest BCUT2D eigenvalue weighted by Crippen LogP contribution is -2.44. The van der Waals surface area contributed by atoms with E-state index in [1.807, 2.05) is 21.6 Å². The third-order valence-corrected chi connectivity index (χ3v) is 6.92. The number of nitrogens with zero attached hydrogens (tertiary/aromatic N) is 9. The van der Waals surface area contributed by atoms with Crippen molar-refractivity contribution in [3.8, 4) is 11.3 Å². The van der Waals surface area contributed by atoms with Gasteiger partial charge in [0.15, 0.2) is 5.65 Å². The van der Waals surface area contributed by atoms with Gasteiger partial charge in [0, 0.05) is 68.9 Å². The molecule has 0 amide bonds. The van der Waals surface area contributed by atoms with Gasteiger partial charge in [0.1, 0.15) is 0 Å². The molecule has 2 fully saturated rings. The number of hydrogen-bond donors (Lipinski definition) is 1. The van der Waals surface area contributed by atoms with Crippen molar-refractivity contribution in [2.24, 2.45) is 0 Å². The topological polar surface area (TPSA) is 91.9 Å². The first-order chi connectivity index (χ1) is 17.7. The molecule has 0 radical (unpaired) electrons. The fourth-order valence-corrected chi connectivity index (χ4v) is 4.70. The second kappa shape index (κ2) is 10.2. The van der Waals surface area contributed by atoms with Crippen LogP contribution in [0.2, 0.25) is 0 Å². The van der Waals surface area contributed by atoms with Crippen LogP contribution in [0.3, 0.4) is 0 Å². The number of fused-ring (bicyclic) bond motifs is 1. The Morgan fingerprint density at radius 1 is 0.917 bits per heavy atom. The first-order valence-electron chi connectivity index (χ1n) is 12.6. The summed E-state index contributed by atoms with van der Waals surface area (Å²) in [7, 11) is 2.17. The molecule has 188 valence electrons. The van der Waals surface area contributed by atoms with E-state index in [1.54, 1.807) is 12.4 Å². The van der Waals surface area contributed by atoms with E-state index >= 15 is 0 Å². The molecular formula is C25H32N10O. The molecule has 6 rings (SSSR count). The van der Waals surface area contributed by atoms with Crippen LogP contribution in [0.1, 0.15) is 0 Å². The van der Waals surface area contributed by atoms with Crippen LogP contribution < -0.4 is 10.2 Å². The Morgan fingerprint density at radius 3 is 2.53 bits per heavy atom. The number of likely N-dealkylation sites (N-methyl/N-ethyl adjacent to an activating group) is 1. The van der Waals surface area contributed by atoms with Crippen molar-refractivity contribution in [1.82, 2.24) is 39.2 Å². The SMILES string of the molecule is CN1CCN(c2ccc(Nc3nc4cncc(-c5cnn(CCN6CCOCC6)c5)n4n3)cc2)CC1. The van der Waals surface area contributed by atoms with E-state index in [2.05, 4.69) is 66.4 Å². The van der Waals surface area contributed by atoms with Gasteiger partial charge in [0.25, 0.3) is 0 Å². The van der Waals surface area contributed by atoms with Crippen molar-refractivity contribution in [3.05, 3.63) is 49.1 Å². The summed E-state index contributed by atoms with van der Waals surface area (Å²) in [6.45, 7) is 9.64. The van der Waals surface area contributed by atoms with E-state index in [0.717, 1.165) is 82.5 Å². The summed E-state index contributed by atoms with van der Waals surface area (Å²) in [6.07, 6.45) is 7.44. The molecule has 4 aromatic rings. The fraction of sp³-hybridized carbons (Fsp3) is 0.440. The van der Waals surface area contributed by atoms with Gasteiger partial charge in [0.05, 0.1) is 44.0 Å². The standard InChI is InChI=1S/C25H32N10O/c1-31-6-9-33(10-7-31)22-4-2-21(3-5-22)28-25-29-24-18-26-17-23(35(24)30-25)20-16-27-34(19-20)11-8-32-12-14-36-15-13-32/h2-5,16-19H,6-15H2,1H3,(H,28,30). The predicted octanol–water partition coefficient (Wildman–Crippen LogP) is 1.82. The molecule has 1 N–H and O–H groups in total. The molecule has 0 aliphatic carbocycles. The van der Waals surface area contributed by atoms with Crippen LogP contribution in [0, 0.1) is 0 Å². The lowest BCUT2D eigenvalue weighted by Gasteiger charge is -2.34. The van der Waals surface area contributed by atoms with Gasteiger partial charge in [-0.1, -0.05) is 0 Å². The Kier molecular flexibility index (Phi) is 6.50. The van der Waals surface area contributed by atoms with Crippen molar-refractivity contribution >= 4 is 23.0 Å². The van der Waals surface area contributed by atoms with Gasteiger partial charge in [-0.3, -0.25) is 14.6 Å². The van der Waals surface area contributed by atoms with E-state index in [4.69, 9.17) is 9.84 Å². The quantitative estimate of drug-likeness (QED) is 0.418. The molecule has 2 aliphatic heterocycles. The number of ether oxygens (including phenoxy) is 1. The van der Waals surface area contributed by atoms with E-state index in [0.29, 0.717) is 11.6 Å². The molecule has 1 aromatic carbocycles. The van der Waals surface area contributed by atoms with E-state index in [1.165, 1.54) is 5.69 Å². The van der Waals surface area contributed by atoms with Crippen molar-refractivity contribution in [1.29, 1.82) is 0 Å². The van der Waals surface area contributed by atoms with E-state index < -0.39 is 0 Å². The highest BCUT2D eigenvalue weighted by Crippen LogP contribution is 2.23. The van der Waals surface area contributed by atoms with Crippen LogP contribution in [-0.4, -0.2) is 105 Å². The zero-order valence-electron chi connectivity index (χ0n) is 20.6. The van der Waals surface area contributed by atoms with Crippen LogP contribution in [0.15, 0.2) is 49.1 Å². The highest BCUT2D eigenvalue weighted by molar-refractivity contribution is 5.63. The summed E-state index contributed by atoms with van der Waals surface area (Å²) in [6, 6.07) is 8.47. The minimum Gasteiger partial charge on any atom is -0.379 e. The second-order valence-corrected chi connectivity index (χ2v) is 9.41. The molecule has 3 aromatic heterocycles. The monoisotopic (exact) mass is 488 g/mol. The lowest BCUT2D eigenvalue weighted by atomic mass is 10.2. The number of hydrogen-bond acceptors (Lipinski definition) is 9. The zero-order valence-corrected chi connectivity index (χ0v) is 20.6. The van der Waals surface area contributed by atoms with Crippen LogP contribution >= 0.6 is 0 Å². The molecule has 5 heterocycles. The van der Waals surface area contributed by atoms with Gasteiger partial charge >= 0.3 is 0 Å². The molecule has 11 nitrogen and oxygen atoms in total. The minimum atomic E-state index is 0.538. The third kappa shape index (κ3) is 5.03. The molecule has 36 heavy (non-hydrogen) atoms. The normalized spacial score (nSPS) is 17.6. The van der Waals surface area contributed by atoms with Crippen molar-refractivity contribution in [2.45, 2.75) is 6.54 Å². The summed E-state index contributed by atoms with van der Waals surface area (Å²) >= 11 is 0.